The van der Waals surface area contributed by atoms with Gasteiger partial charge in [-0.25, -0.2) is 4.79 Å². The number of ether oxygens (including phenoxy) is 2. The van der Waals surface area contributed by atoms with E-state index in [1.165, 1.54) is 24.3 Å². The minimum Gasteiger partial charge on any atom is -0.508 e. The van der Waals surface area contributed by atoms with Crippen LogP contribution in [0, 0.1) is 0 Å². The first kappa shape index (κ1) is 19.1. The number of carbonyl (C=O) groups is 1. The van der Waals surface area contributed by atoms with E-state index in [1.54, 1.807) is 36.4 Å². The summed E-state index contributed by atoms with van der Waals surface area (Å²) in [5, 5.41) is 18.6. The molecule has 5 heteroatoms. The Morgan fingerprint density at radius 3 is 1.43 bits per heavy atom. The molecule has 4 aromatic rings. The van der Waals surface area contributed by atoms with Gasteiger partial charge in [0.05, 0.1) is 5.56 Å². The number of rotatable bonds is 5. The predicted molar refractivity (Wildman–Crippen MR) is 113 cm³/mol. The number of phenols is 2. The Bertz CT molecular complexity index is 1130. The smallest absolute Gasteiger partial charge is 0.343 e. The SMILES string of the molecule is O=C(Oc1ccc(-c2ccc(Oc3ccc(O)cc3)cc2)cc1)c1ccc(O)cc1. The van der Waals surface area contributed by atoms with E-state index in [4.69, 9.17) is 9.47 Å². The molecule has 148 valence electrons. The standard InChI is InChI=1S/C25H18O5/c26-20-7-1-19(2-8-20)25(28)30-24-13-5-18(6-14-24)17-3-11-22(12-4-17)29-23-15-9-21(27)10-16-23/h1-16,26-27H. The first-order valence-corrected chi connectivity index (χ1v) is 9.25. The van der Waals surface area contributed by atoms with Crippen molar-refractivity contribution >= 4 is 5.97 Å². The van der Waals surface area contributed by atoms with Crippen LogP contribution < -0.4 is 9.47 Å². The Labute approximate surface area is 173 Å². The molecule has 0 aromatic heterocycles. The fourth-order valence-electron chi connectivity index (χ4n) is 2.84. The summed E-state index contributed by atoms with van der Waals surface area (Å²) in [7, 11) is 0. The second-order valence-corrected chi connectivity index (χ2v) is 6.58. The Balaban J connectivity index is 1.41. The van der Waals surface area contributed by atoms with Crippen molar-refractivity contribution in [3.8, 4) is 39.9 Å². The van der Waals surface area contributed by atoms with Gasteiger partial charge in [-0.15, -0.1) is 0 Å². The molecule has 0 saturated carbocycles. The molecule has 4 rings (SSSR count). The third-order valence-electron chi connectivity index (χ3n) is 4.43. The summed E-state index contributed by atoms with van der Waals surface area (Å²) in [5.74, 6) is 1.55. The summed E-state index contributed by atoms with van der Waals surface area (Å²) < 4.78 is 11.1. The molecule has 4 aromatic carbocycles. The highest BCUT2D eigenvalue weighted by molar-refractivity contribution is 5.91. The van der Waals surface area contributed by atoms with Crippen LogP contribution in [0.1, 0.15) is 10.4 Å². The van der Waals surface area contributed by atoms with Crippen LogP contribution in [0.4, 0.5) is 0 Å². The molecule has 0 bridgehead atoms. The lowest BCUT2D eigenvalue weighted by molar-refractivity contribution is 0.0735. The van der Waals surface area contributed by atoms with E-state index in [-0.39, 0.29) is 11.5 Å². The lowest BCUT2D eigenvalue weighted by Crippen LogP contribution is -2.07. The summed E-state index contributed by atoms with van der Waals surface area (Å²) in [5.41, 5.74) is 2.32. The van der Waals surface area contributed by atoms with E-state index < -0.39 is 5.97 Å². The van der Waals surface area contributed by atoms with Gasteiger partial charge in [0.2, 0.25) is 0 Å². The molecule has 0 amide bonds. The number of hydrogen-bond acceptors (Lipinski definition) is 5. The van der Waals surface area contributed by atoms with Crippen molar-refractivity contribution in [3.05, 3.63) is 103 Å². The second kappa shape index (κ2) is 8.41. The van der Waals surface area contributed by atoms with Crippen molar-refractivity contribution in [1.82, 2.24) is 0 Å². The van der Waals surface area contributed by atoms with Crippen LogP contribution in [-0.4, -0.2) is 16.2 Å². The van der Waals surface area contributed by atoms with Gasteiger partial charge >= 0.3 is 5.97 Å². The van der Waals surface area contributed by atoms with Crippen molar-refractivity contribution in [2.45, 2.75) is 0 Å². The first-order valence-electron chi connectivity index (χ1n) is 9.25. The van der Waals surface area contributed by atoms with Gasteiger partial charge in [-0.05, 0) is 83.9 Å². The van der Waals surface area contributed by atoms with Crippen LogP contribution in [0.2, 0.25) is 0 Å². The van der Waals surface area contributed by atoms with Crippen LogP contribution in [0.15, 0.2) is 97.1 Å². The fourth-order valence-corrected chi connectivity index (χ4v) is 2.84. The van der Waals surface area contributed by atoms with Crippen LogP contribution in [0.5, 0.6) is 28.7 Å². The van der Waals surface area contributed by atoms with E-state index >= 15 is 0 Å². The Hall–Kier alpha value is -4.25. The molecule has 0 heterocycles. The number of benzene rings is 4. The largest absolute Gasteiger partial charge is 0.508 e. The summed E-state index contributed by atoms with van der Waals surface area (Å²) in [6.07, 6.45) is 0. The second-order valence-electron chi connectivity index (χ2n) is 6.58. The molecule has 5 nitrogen and oxygen atoms in total. The highest BCUT2D eigenvalue weighted by Gasteiger charge is 2.09. The molecular weight excluding hydrogens is 380 g/mol. The molecule has 0 radical (unpaired) electrons. The van der Waals surface area contributed by atoms with E-state index in [0.29, 0.717) is 22.8 Å². The number of phenolic OH excluding ortho intramolecular Hbond substituents is 2. The normalized spacial score (nSPS) is 10.4. The highest BCUT2D eigenvalue weighted by Crippen LogP contribution is 2.28. The zero-order valence-corrected chi connectivity index (χ0v) is 15.9. The third kappa shape index (κ3) is 4.59. The van der Waals surface area contributed by atoms with Gasteiger partial charge in [-0.1, -0.05) is 24.3 Å². The van der Waals surface area contributed by atoms with Crippen molar-refractivity contribution < 1.29 is 24.5 Å². The lowest BCUT2D eigenvalue weighted by Gasteiger charge is -2.08. The Morgan fingerprint density at radius 2 is 0.933 bits per heavy atom. The minimum atomic E-state index is -0.488. The summed E-state index contributed by atoms with van der Waals surface area (Å²) >= 11 is 0. The van der Waals surface area contributed by atoms with Crippen molar-refractivity contribution in [2.24, 2.45) is 0 Å². The van der Waals surface area contributed by atoms with Crippen LogP contribution in [0.25, 0.3) is 11.1 Å². The monoisotopic (exact) mass is 398 g/mol. The number of hydrogen-bond donors (Lipinski definition) is 2. The Kier molecular flexibility index (Phi) is 5.35. The van der Waals surface area contributed by atoms with Gasteiger partial charge in [-0.2, -0.15) is 0 Å². The predicted octanol–water partition coefficient (Wildman–Crippen LogP) is 5.78. The quantitative estimate of drug-likeness (QED) is 0.329. The zero-order valence-electron chi connectivity index (χ0n) is 15.9. The third-order valence-corrected chi connectivity index (χ3v) is 4.43. The van der Waals surface area contributed by atoms with Gasteiger partial charge in [0, 0.05) is 0 Å². The van der Waals surface area contributed by atoms with Gasteiger partial charge in [-0.3, -0.25) is 0 Å². The van der Waals surface area contributed by atoms with Crippen molar-refractivity contribution in [1.29, 1.82) is 0 Å². The maximum Gasteiger partial charge on any atom is 0.343 e. The highest BCUT2D eigenvalue weighted by atomic mass is 16.5. The summed E-state index contributed by atoms with van der Waals surface area (Å²) in [6, 6.07) is 27.2. The molecule has 0 unspecified atom stereocenters. The molecule has 0 aliphatic carbocycles. The van der Waals surface area contributed by atoms with E-state index in [1.807, 2.05) is 36.4 Å². The number of carbonyl (C=O) groups excluding carboxylic acids is 1. The minimum absolute atomic E-state index is 0.0930. The van der Waals surface area contributed by atoms with E-state index in [2.05, 4.69) is 0 Å². The molecule has 0 saturated heterocycles. The number of aromatic hydroxyl groups is 2. The summed E-state index contributed by atoms with van der Waals surface area (Å²) in [4.78, 5) is 12.2. The molecule has 0 aliphatic heterocycles. The van der Waals surface area contributed by atoms with E-state index in [0.717, 1.165) is 11.1 Å². The van der Waals surface area contributed by atoms with Gasteiger partial charge in [0.25, 0.3) is 0 Å². The average molecular weight is 398 g/mol. The van der Waals surface area contributed by atoms with Crippen molar-refractivity contribution in [2.75, 3.05) is 0 Å². The van der Waals surface area contributed by atoms with Crippen molar-refractivity contribution in [3.63, 3.8) is 0 Å². The van der Waals surface area contributed by atoms with Crippen LogP contribution in [0.3, 0.4) is 0 Å². The molecule has 2 N–H and O–H groups in total. The molecule has 0 aliphatic rings. The Morgan fingerprint density at radius 1 is 0.533 bits per heavy atom. The van der Waals surface area contributed by atoms with Gasteiger partial charge in [0.1, 0.15) is 28.7 Å². The van der Waals surface area contributed by atoms with Gasteiger partial charge < -0.3 is 19.7 Å². The molecule has 0 fully saturated rings. The molecule has 0 spiro atoms. The summed E-state index contributed by atoms with van der Waals surface area (Å²) in [6.45, 7) is 0. The van der Waals surface area contributed by atoms with E-state index in [9.17, 15) is 15.0 Å². The maximum atomic E-state index is 12.2. The molecule has 30 heavy (non-hydrogen) atoms. The molecule has 0 atom stereocenters. The van der Waals surface area contributed by atoms with Gasteiger partial charge in [0.15, 0.2) is 0 Å². The topological polar surface area (TPSA) is 76.0 Å². The average Bonchev–Trinajstić information content (AvgIpc) is 2.77. The van der Waals surface area contributed by atoms with Crippen LogP contribution >= 0.6 is 0 Å². The fraction of sp³-hybridized carbons (Fsp3) is 0. The molecular formula is C25H18O5. The first-order chi connectivity index (χ1) is 14.6. The number of esters is 1. The maximum absolute atomic E-state index is 12.2. The zero-order chi connectivity index (χ0) is 20.9. The van der Waals surface area contributed by atoms with Crippen LogP contribution in [-0.2, 0) is 0 Å². The lowest BCUT2D eigenvalue weighted by atomic mass is 10.1.